The Balaban J connectivity index is 1.37. The van der Waals surface area contributed by atoms with Crippen LogP contribution in [0.1, 0.15) is 69.9 Å². The number of amides is 2. The first-order valence-electron chi connectivity index (χ1n) is 23.2. The third kappa shape index (κ3) is 13.2. The molecule has 73 heavy (non-hydrogen) atoms. The minimum Gasteiger partial charge on any atom is -0.748 e. The zero-order valence-corrected chi connectivity index (χ0v) is 43.1. The number of Topliss-reactive ketones (excluding diaryl/α,β-unsaturated/α-hetero) is 1. The Kier molecular flexibility index (Phi) is 18.5. The van der Waals surface area contributed by atoms with Crippen LogP contribution in [-0.2, 0) is 88.9 Å². The maximum Gasteiger partial charge on any atom is 0.333 e. The average molecular weight is 1080 g/mol. The van der Waals surface area contributed by atoms with Crippen molar-refractivity contribution in [3.05, 3.63) is 82.3 Å². The quantitative estimate of drug-likeness (QED) is 0.0553. The summed E-state index contributed by atoms with van der Waals surface area (Å²) in [5, 5.41) is 12.3. The third-order valence-corrected chi connectivity index (χ3v) is 15.7. The normalized spacial score (nSPS) is 22.3. The van der Waals surface area contributed by atoms with Crippen molar-refractivity contribution >= 4 is 65.3 Å². The zero-order chi connectivity index (χ0) is 53.5. The third-order valence-electron chi connectivity index (χ3n) is 13.3. The van der Waals surface area contributed by atoms with E-state index in [1.807, 2.05) is 0 Å². The van der Waals surface area contributed by atoms with Crippen LogP contribution < -0.4 is 9.80 Å². The van der Waals surface area contributed by atoms with E-state index in [0.717, 1.165) is 12.1 Å². The van der Waals surface area contributed by atoms with Gasteiger partial charge in [0.25, 0.3) is 11.8 Å². The molecule has 3 aliphatic heterocycles. The van der Waals surface area contributed by atoms with E-state index in [0.29, 0.717) is 59.7 Å². The number of methoxy groups -OCH3 is 2. The molecule has 0 radical (unpaired) electrons. The van der Waals surface area contributed by atoms with Gasteiger partial charge < -0.3 is 57.1 Å². The van der Waals surface area contributed by atoms with Gasteiger partial charge in [-0.25, -0.2) is 30.0 Å². The maximum atomic E-state index is 14.5. The fraction of sp³-hybridized carbons (Fsp3) is 0.532. The van der Waals surface area contributed by atoms with Crippen molar-refractivity contribution in [3.8, 4) is 0 Å². The van der Waals surface area contributed by atoms with Gasteiger partial charge >= 0.3 is 5.97 Å². The van der Waals surface area contributed by atoms with Crippen LogP contribution in [-0.4, -0.2) is 165 Å². The number of imide groups is 1. The Morgan fingerprint density at radius 1 is 0.740 bits per heavy atom. The lowest BCUT2D eigenvalue weighted by molar-refractivity contribution is -0.197. The van der Waals surface area contributed by atoms with Crippen molar-refractivity contribution in [3.63, 3.8) is 0 Å². The van der Waals surface area contributed by atoms with Gasteiger partial charge in [0.2, 0.25) is 0 Å². The van der Waals surface area contributed by atoms with Gasteiger partial charge in [-0.15, -0.1) is 5.06 Å². The summed E-state index contributed by atoms with van der Waals surface area (Å²) in [4.78, 5) is 58.9. The number of hydroxylamine groups is 2. The number of anilines is 2. The van der Waals surface area contributed by atoms with Crippen molar-refractivity contribution in [2.45, 2.75) is 85.5 Å². The second-order valence-electron chi connectivity index (χ2n) is 18.1. The number of carbonyl (C=O) groups is 4. The van der Waals surface area contributed by atoms with Crippen LogP contribution in [0.2, 0.25) is 0 Å². The number of carbonyl (C=O) groups excluding carboxylic acids is 4. The first kappa shape index (κ1) is 57.2. The van der Waals surface area contributed by atoms with Gasteiger partial charge in [-0.05, 0) is 92.3 Å². The van der Waals surface area contributed by atoms with Crippen LogP contribution in [0.25, 0.3) is 0 Å². The molecule has 0 spiro atoms. The minimum atomic E-state index is -5.01. The molecular weight excluding hydrogens is 1020 g/mol. The molecule has 2 amide bonds. The summed E-state index contributed by atoms with van der Waals surface area (Å²) in [5.41, 5.74) is -1.12. The van der Waals surface area contributed by atoms with Gasteiger partial charge in [0.15, 0.2) is 5.78 Å². The van der Waals surface area contributed by atoms with E-state index in [1.54, 1.807) is 30.8 Å². The monoisotopic (exact) mass is 1080 g/mol. The van der Waals surface area contributed by atoms with Gasteiger partial charge in [0.05, 0.1) is 83.3 Å². The van der Waals surface area contributed by atoms with Gasteiger partial charge in [0.1, 0.15) is 26.0 Å². The first-order valence-corrected chi connectivity index (χ1v) is 27.6. The summed E-state index contributed by atoms with van der Waals surface area (Å²) < 4.78 is 137. The molecule has 23 nitrogen and oxygen atoms in total. The average Bonchev–Trinajstić information content (AvgIpc) is 3.85. The molecule has 0 bridgehead atoms. The number of fused-ring (bicyclic) bond motifs is 2. The topological polar surface area (TPSA) is 325 Å². The van der Waals surface area contributed by atoms with E-state index < -0.39 is 92.1 Å². The molecule has 1 N–H and O–H groups in total. The standard InChI is InChI=1S/C47H61N3O20S3/c1-46(14-6-26-71(56,57)58)35-27-31(72(59,60)61)9-11-38(35)49(17-19-67-22-23-69-25-24-68-21-20-66-4)39(46)29-33-44(54)34(45(33)55)30-40-47(2,15-18-65-3)36-28-32(73(62,63)64)8-10-37(36)48(40)16-5-7-43(53)70-50-41(51)12-13-42(50)52/h8-11,27-30,39,54H,5-7,12-26H2,1-4H3,(H,56,57,58)(H,59,60,61)(H,62,63,64)/p-3/b33-29?,40-30+. The van der Waals surface area contributed by atoms with Gasteiger partial charge in [0, 0.05) is 86.8 Å². The number of aliphatic hydroxyl groups is 1. The number of rotatable bonds is 28. The van der Waals surface area contributed by atoms with Gasteiger partial charge in [-0.1, -0.05) is 6.92 Å². The number of ether oxygens (including phenoxy) is 5. The largest absolute Gasteiger partial charge is 0.748 e. The molecule has 0 aromatic heterocycles. The highest BCUT2D eigenvalue weighted by molar-refractivity contribution is 7.86. The summed E-state index contributed by atoms with van der Waals surface area (Å²) in [6, 6.07) is 6.47. The van der Waals surface area contributed by atoms with E-state index in [2.05, 4.69) is 0 Å². The SMILES string of the molecule is COCCOCCOCCOCCN1c2ccc(S(=O)(=O)[O-])cc2C(C)(CCCS(=O)(=O)[O-])C1C=C1C(=O)C(/C=C2/N(CCCC(=O)ON3C(=O)CCC3=O)c3ccc(S(=O)(=O)[O-])cc3C2(C)CCOC)=C1O. The minimum absolute atomic E-state index is 0.00190. The Bertz CT molecular complexity index is 2870. The Morgan fingerprint density at radius 3 is 1.86 bits per heavy atom. The molecule has 1 aliphatic carbocycles. The van der Waals surface area contributed by atoms with Crippen molar-refractivity contribution in [2.75, 3.05) is 95.7 Å². The van der Waals surface area contributed by atoms with E-state index in [-0.39, 0.29) is 95.6 Å². The molecule has 3 heterocycles. The number of ketones is 1. The summed E-state index contributed by atoms with van der Waals surface area (Å²) >= 11 is 0. The predicted molar refractivity (Wildman–Crippen MR) is 254 cm³/mol. The van der Waals surface area contributed by atoms with E-state index in [9.17, 15) is 63.2 Å². The van der Waals surface area contributed by atoms with E-state index in [4.69, 9.17) is 28.5 Å². The molecule has 4 aliphatic rings. The number of nitrogens with zero attached hydrogens (tertiary/aromatic N) is 3. The number of hydrogen-bond acceptors (Lipinski definition) is 22. The number of allylic oxidation sites excluding steroid dienone is 4. The molecule has 402 valence electrons. The number of benzene rings is 2. The van der Waals surface area contributed by atoms with Gasteiger partial charge in [-0.2, -0.15) is 0 Å². The lowest BCUT2D eigenvalue weighted by Crippen LogP contribution is -2.44. The predicted octanol–water partition coefficient (Wildman–Crippen LogP) is 2.37. The van der Waals surface area contributed by atoms with Crippen molar-refractivity contribution in [2.24, 2.45) is 0 Å². The van der Waals surface area contributed by atoms with Crippen molar-refractivity contribution in [1.82, 2.24) is 5.06 Å². The van der Waals surface area contributed by atoms with Crippen molar-refractivity contribution in [1.29, 1.82) is 0 Å². The van der Waals surface area contributed by atoms with Crippen molar-refractivity contribution < 1.29 is 91.7 Å². The van der Waals surface area contributed by atoms with Crippen LogP contribution in [0.5, 0.6) is 0 Å². The van der Waals surface area contributed by atoms with Gasteiger partial charge in [-0.3, -0.25) is 14.4 Å². The summed E-state index contributed by atoms with van der Waals surface area (Å²) in [5.74, 6) is -4.18. The maximum absolute atomic E-state index is 14.5. The Labute approximate surface area is 423 Å². The smallest absolute Gasteiger partial charge is 0.333 e. The van der Waals surface area contributed by atoms with Crippen LogP contribution >= 0.6 is 0 Å². The molecule has 1 saturated heterocycles. The van der Waals surface area contributed by atoms with Crippen LogP contribution in [0.4, 0.5) is 11.4 Å². The fourth-order valence-electron chi connectivity index (χ4n) is 9.48. The highest BCUT2D eigenvalue weighted by Gasteiger charge is 2.50. The summed E-state index contributed by atoms with van der Waals surface area (Å²) in [6.45, 7) is 5.41. The molecule has 2 aromatic carbocycles. The Morgan fingerprint density at radius 2 is 1.30 bits per heavy atom. The Hall–Kier alpha value is -5.13. The summed E-state index contributed by atoms with van der Waals surface area (Å²) in [7, 11) is -11.7. The number of aliphatic hydroxyl groups excluding tert-OH is 1. The van der Waals surface area contributed by atoms with E-state index in [1.165, 1.54) is 43.5 Å². The second kappa shape index (κ2) is 23.6. The van der Waals surface area contributed by atoms with Crippen LogP contribution in [0, 0.1) is 0 Å². The molecule has 6 rings (SSSR count). The highest BCUT2D eigenvalue weighted by atomic mass is 32.2. The summed E-state index contributed by atoms with van der Waals surface area (Å²) in [6.07, 6.45) is 2.22. The number of hydrogen-bond donors (Lipinski definition) is 1. The lowest BCUT2D eigenvalue weighted by atomic mass is 9.72. The first-order chi connectivity index (χ1) is 34.4. The zero-order valence-electron chi connectivity index (χ0n) is 40.7. The molecular formula is C47H58N3O20S3-3. The second-order valence-corrected chi connectivity index (χ2v) is 22.4. The van der Waals surface area contributed by atoms with E-state index >= 15 is 0 Å². The molecule has 0 saturated carbocycles. The molecule has 3 unspecified atom stereocenters. The molecule has 26 heteroatoms. The van der Waals surface area contributed by atoms with Crippen LogP contribution in [0.3, 0.4) is 0 Å². The fourth-order valence-corrected chi connectivity index (χ4v) is 11.0. The van der Waals surface area contributed by atoms with Crippen LogP contribution in [0.15, 0.2) is 80.9 Å². The molecule has 3 atom stereocenters. The lowest BCUT2D eigenvalue weighted by Gasteiger charge is -2.37. The molecule has 1 fully saturated rings. The highest BCUT2D eigenvalue weighted by Crippen LogP contribution is 2.53. The molecule has 2 aromatic rings.